The largest absolute Gasteiger partial charge is 0.332 e. The Morgan fingerprint density at radius 3 is 2.56 bits per heavy atom. The molecule has 0 fully saturated rings. The monoisotopic (exact) mass is 479 g/mol. The Morgan fingerprint density at radius 1 is 1.25 bits per heavy atom. The van der Waals surface area contributed by atoms with Crippen LogP contribution in [0.3, 0.4) is 0 Å². The molecule has 1 amide bonds. The number of hydrogen-bond acceptors (Lipinski definition) is 6. The van der Waals surface area contributed by atoms with Gasteiger partial charge in [0.15, 0.2) is 5.65 Å². The van der Waals surface area contributed by atoms with Crippen molar-refractivity contribution in [3.05, 3.63) is 55.7 Å². The average molecular weight is 480 g/mol. The SMILES string of the molecule is Cc1nc(SC(C)C(=O)Nc2ccc(F)cc2Cl)c2c(=O)n(C)c(=O)n(CC(C)C)c2n1. The zero-order valence-electron chi connectivity index (χ0n) is 18.3. The number of rotatable bonds is 6. The number of anilines is 1. The maximum Gasteiger partial charge on any atom is 0.332 e. The van der Waals surface area contributed by atoms with Crippen molar-refractivity contribution in [1.82, 2.24) is 19.1 Å². The number of fused-ring (bicyclic) bond motifs is 1. The zero-order chi connectivity index (χ0) is 23.7. The maximum atomic E-state index is 13.3. The summed E-state index contributed by atoms with van der Waals surface area (Å²) in [5.74, 6) is -0.397. The summed E-state index contributed by atoms with van der Waals surface area (Å²) in [6.07, 6.45) is 0. The van der Waals surface area contributed by atoms with Crippen LogP contribution in [0.2, 0.25) is 5.02 Å². The predicted octanol–water partition coefficient (Wildman–Crippen LogP) is 3.37. The lowest BCUT2D eigenvalue weighted by molar-refractivity contribution is -0.115. The fourth-order valence-electron chi connectivity index (χ4n) is 3.10. The summed E-state index contributed by atoms with van der Waals surface area (Å²) < 4.78 is 15.7. The Balaban J connectivity index is 2.03. The van der Waals surface area contributed by atoms with Gasteiger partial charge in [-0.3, -0.25) is 18.7 Å². The molecule has 1 N–H and O–H groups in total. The number of nitrogens with zero attached hydrogens (tertiary/aromatic N) is 4. The lowest BCUT2D eigenvalue weighted by Gasteiger charge is -2.17. The van der Waals surface area contributed by atoms with Crippen molar-refractivity contribution in [3.8, 4) is 0 Å². The third-order valence-electron chi connectivity index (χ3n) is 4.65. The summed E-state index contributed by atoms with van der Waals surface area (Å²) >= 11 is 7.06. The van der Waals surface area contributed by atoms with Gasteiger partial charge in [-0.2, -0.15) is 0 Å². The fourth-order valence-corrected chi connectivity index (χ4v) is 4.30. The van der Waals surface area contributed by atoms with Crippen molar-refractivity contribution in [2.75, 3.05) is 5.32 Å². The van der Waals surface area contributed by atoms with E-state index in [9.17, 15) is 18.8 Å². The first-order valence-electron chi connectivity index (χ1n) is 9.90. The Morgan fingerprint density at radius 2 is 1.94 bits per heavy atom. The second-order valence-electron chi connectivity index (χ2n) is 7.80. The molecule has 1 aromatic carbocycles. The number of carbonyl (C=O) groups is 1. The average Bonchev–Trinajstić information content (AvgIpc) is 2.70. The van der Waals surface area contributed by atoms with Crippen molar-refractivity contribution < 1.29 is 9.18 Å². The molecular formula is C21H23ClFN5O3S. The van der Waals surface area contributed by atoms with Crippen LogP contribution in [0, 0.1) is 18.7 Å². The molecule has 11 heteroatoms. The summed E-state index contributed by atoms with van der Waals surface area (Å²) in [6, 6.07) is 3.67. The van der Waals surface area contributed by atoms with Crippen molar-refractivity contribution in [3.63, 3.8) is 0 Å². The first kappa shape index (κ1) is 23.9. The highest BCUT2D eigenvalue weighted by atomic mass is 35.5. The number of amides is 1. The van der Waals surface area contributed by atoms with Crippen LogP contribution in [0.4, 0.5) is 10.1 Å². The van der Waals surface area contributed by atoms with E-state index in [1.165, 1.54) is 23.7 Å². The van der Waals surface area contributed by atoms with Gasteiger partial charge in [-0.05, 0) is 38.0 Å². The third kappa shape index (κ3) is 4.86. The topological polar surface area (TPSA) is 98.9 Å². The van der Waals surface area contributed by atoms with Crippen LogP contribution >= 0.6 is 23.4 Å². The van der Waals surface area contributed by atoms with Crippen LogP contribution in [0.1, 0.15) is 26.6 Å². The molecule has 1 atom stereocenters. The van der Waals surface area contributed by atoms with E-state index in [4.69, 9.17) is 11.6 Å². The Labute approximate surface area is 192 Å². The molecule has 3 aromatic rings. The number of hydrogen-bond donors (Lipinski definition) is 1. The number of halogens is 2. The van der Waals surface area contributed by atoms with Crippen LogP contribution in [0.25, 0.3) is 11.0 Å². The number of benzene rings is 1. The second-order valence-corrected chi connectivity index (χ2v) is 9.54. The highest BCUT2D eigenvalue weighted by Crippen LogP contribution is 2.29. The Bertz CT molecular complexity index is 1320. The van der Waals surface area contributed by atoms with Crippen LogP contribution in [0.15, 0.2) is 32.8 Å². The van der Waals surface area contributed by atoms with Crippen LogP contribution < -0.4 is 16.6 Å². The molecule has 0 bridgehead atoms. The number of carbonyl (C=O) groups excluding carboxylic acids is 1. The molecule has 0 saturated heterocycles. The highest BCUT2D eigenvalue weighted by Gasteiger charge is 2.23. The molecule has 2 heterocycles. The van der Waals surface area contributed by atoms with Crippen molar-refractivity contribution >= 4 is 46.0 Å². The maximum absolute atomic E-state index is 13.3. The molecule has 0 aliphatic heterocycles. The van der Waals surface area contributed by atoms with Gasteiger partial charge >= 0.3 is 5.69 Å². The molecule has 0 aliphatic carbocycles. The van der Waals surface area contributed by atoms with E-state index in [2.05, 4.69) is 15.3 Å². The van der Waals surface area contributed by atoms with Gasteiger partial charge in [0.1, 0.15) is 22.1 Å². The number of aryl methyl sites for hydroxylation is 1. The summed E-state index contributed by atoms with van der Waals surface area (Å²) in [7, 11) is 1.40. The quantitative estimate of drug-likeness (QED) is 0.430. The van der Waals surface area contributed by atoms with Crippen molar-refractivity contribution in [2.45, 2.75) is 44.5 Å². The smallest absolute Gasteiger partial charge is 0.324 e. The highest BCUT2D eigenvalue weighted by molar-refractivity contribution is 8.00. The van der Waals surface area contributed by atoms with Gasteiger partial charge < -0.3 is 5.32 Å². The molecule has 170 valence electrons. The second kappa shape index (κ2) is 9.41. The van der Waals surface area contributed by atoms with Crippen molar-refractivity contribution in [2.24, 2.45) is 13.0 Å². The van der Waals surface area contributed by atoms with Gasteiger partial charge in [0, 0.05) is 13.6 Å². The van der Waals surface area contributed by atoms with E-state index in [1.807, 2.05) is 13.8 Å². The molecule has 3 rings (SSSR count). The van der Waals surface area contributed by atoms with Gasteiger partial charge in [0.2, 0.25) is 5.91 Å². The molecule has 32 heavy (non-hydrogen) atoms. The summed E-state index contributed by atoms with van der Waals surface area (Å²) in [6.45, 7) is 7.60. The van der Waals surface area contributed by atoms with Gasteiger partial charge in [0.25, 0.3) is 5.56 Å². The predicted molar refractivity (Wildman–Crippen MR) is 124 cm³/mol. The molecule has 0 saturated carbocycles. The number of thioether (sulfide) groups is 1. The molecule has 1 unspecified atom stereocenters. The molecule has 2 aromatic heterocycles. The van der Waals surface area contributed by atoms with E-state index >= 15 is 0 Å². The fraction of sp³-hybridized carbons (Fsp3) is 0.381. The summed E-state index contributed by atoms with van der Waals surface area (Å²) in [5.41, 5.74) is -0.462. The van der Waals surface area contributed by atoms with Gasteiger partial charge in [-0.25, -0.2) is 19.2 Å². The molecule has 0 aliphatic rings. The minimum Gasteiger partial charge on any atom is -0.324 e. The molecule has 0 radical (unpaired) electrons. The molecule has 8 nitrogen and oxygen atoms in total. The number of nitrogens with one attached hydrogen (secondary N) is 1. The summed E-state index contributed by atoms with van der Waals surface area (Å²) in [5, 5.41) is 2.54. The molecular weight excluding hydrogens is 457 g/mol. The normalized spacial score (nSPS) is 12.4. The van der Waals surface area contributed by atoms with E-state index in [1.54, 1.807) is 13.8 Å². The van der Waals surface area contributed by atoms with E-state index in [0.717, 1.165) is 22.4 Å². The first-order chi connectivity index (χ1) is 15.0. The Kier molecular flexibility index (Phi) is 7.04. The standard InChI is InChI=1S/C21H23ClFN5O3S/c1-10(2)9-28-17-16(20(30)27(5)21(28)31)19(25-12(4)24-17)32-11(3)18(29)26-15-7-6-13(23)8-14(15)22/h6-8,10-11H,9H2,1-5H3,(H,26,29). The van der Waals surface area contributed by atoms with Crippen LogP contribution in [-0.4, -0.2) is 30.3 Å². The van der Waals surface area contributed by atoms with Crippen molar-refractivity contribution in [1.29, 1.82) is 0 Å². The lowest BCUT2D eigenvalue weighted by Crippen LogP contribution is -2.39. The zero-order valence-corrected chi connectivity index (χ0v) is 19.8. The molecule has 0 spiro atoms. The minimum atomic E-state index is -0.677. The Hall–Kier alpha value is -2.72. The minimum absolute atomic E-state index is 0.0745. The van der Waals surface area contributed by atoms with Crippen LogP contribution in [0.5, 0.6) is 0 Å². The van der Waals surface area contributed by atoms with E-state index in [0.29, 0.717) is 17.4 Å². The third-order valence-corrected chi connectivity index (χ3v) is 6.05. The van der Waals surface area contributed by atoms with E-state index in [-0.39, 0.29) is 27.7 Å². The number of aromatic nitrogens is 4. The van der Waals surface area contributed by atoms with Gasteiger partial charge in [0.05, 0.1) is 16.0 Å². The summed E-state index contributed by atoms with van der Waals surface area (Å²) in [4.78, 5) is 47.1. The van der Waals surface area contributed by atoms with E-state index < -0.39 is 28.2 Å². The van der Waals surface area contributed by atoms with Crippen LogP contribution in [-0.2, 0) is 18.4 Å². The van der Waals surface area contributed by atoms with Gasteiger partial charge in [-0.15, -0.1) is 0 Å². The first-order valence-corrected chi connectivity index (χ1v) is 11.2. The lowest BCUT2D eigenvalue weighted by atomic mass is 10.2. The van der Waals surface area contributed by atoms with Gasteiger partial charge in [-0.1, -0.05) is 37.2 Å².